The van der Waals surface area contributed by atoms with Crippen LogP contribution in [0.25, 0.3) is 0 Å². The number of anilines is 2. The Morgan fingerprint density at radius 3 is 2.45 bits per heavy atom. The van der Waals surface area contributed by atoms with Crippen molar-refractivity contribution in [3.8, 4) is 0 Å². The van der Waals surface area contributed by atoms with Crippen molar-refractivity contribution in [2.24, 2.45) is 0 Å². The molecule has 29 heavy (non-hydrogen) atoms. The Bertz CT molecular complexity index is 1100. The molecular formula is C20H19N3O5S. The fourth-order valence-electron chi connectivity index (χ4n) is 2.53. The number of benzene rings is 2. The van der Waals surface area contributed by atoms with Gasteiger partial charge in [0.2, 0.25) is 5.91 Å². The lowest BCUT2D eigenvalue weighted by molar-refractivity contribution is -0.115. The van der Waals surface area contributed by atoms with Gasteiger partial charge in [-0.25, -0.2) is 8.42 Å². The van der Waals surface area contributed by atoms with Gasteiger partial charge in [0.25, 0.3) is 15.9 Å². The van der Waals surface area contributed by atoms with Crippen molar-refractivity contribution in [3.05, 3.63) is 78.8 Å². The molecule has 0 aliphatic carbocycles. The van der Waals surface area contributed by atoms with Crippen molar-refractivity contribution in [1.82, 2.24) is 5.32 Å². The summed E-state index contributed by atoms with van der Waals surface area (Å²) in [5, 5.41) is 4.98. The van der Waals surface area contributed by atoms with Gasteiger partial charge in [-0.2, -0.15) is 0 Å². The van der Waals surface area contributed by atoms with Crippen LogP contribution in [0, 0.1) is 0 Å². The third kappa shape index (κ3) is 4.82. The van der Waals surface area contributed by atoms with Crippen molar-refractivity contribution >= 4 is 33.2 Å². The molecule has 2 N–H and O–H groups in total. The molecule has 2 amide bonds. The molecule has 8 nitrogen and oxygen atoms in total. The molecule has 0 aliphatic rings. The molecule has 1 aromatic heterocycles. The number of nitrogens with zero attached hydrogens (tertiary/aromatic N) is 1. The van der Waals surface area contributed by atoms with Gasteiger partial charge in [-0.05, 0) is 42.5 Å². The Hall–Kier alpha value is -3.59. The van der Waals surface area contributed by atoms with Crippen molar-refractivity contribution in [1.29, 1.82) is 0 Å². The Morgan fingerprint density at radius 1 is 1.00 bits per heavy atom. The molecule has 0 spiro atoms. The van der Waals surface area contributed by atoms with Crippen LogP contribution in [0.4, 0.5) is 11.4 Å². The summed E-state index contributed by atoms with van der Waals surface area (Å²) in [6.07, 6.45) is 1.35. The summed E-state index contributed by atoms with van der Waals surface area (Å²) in [5.74, 6) is -0.934. The van der Waals surface area contributed by atoms with E-state index in [1.165, 1.54) is 37.6 Å². The first kappa shape index (κ1) is 20.2. The van der Waals surface area contributed by atoms with E-state index in [0.717, 1.165) is 4.31 Å². The summed E-state index contributed by atoms with van der Waals surface area (Å²) >= 11 is 0. The zero-order chi connectivity index (χ0) is 20.9. The molecule has 0 unspecified atom stereocenters. The smallest absolute Gasteiger partial charge is 0.287 e. The van der Waals surface area contributed by atoms with E-state index in [1.54, 1.807) is 42.5 Å². The minimum atomic E-state index is -3.81. The molecule has 0 bridgehead atoms. The quantitative estimate of drug-likeness (QED) is 0.619. The van der Waals surface area contributed by atoms with Gasteiger partial charge in [-0.1, -0.05) is 24.3 Å². The molecular weight excluding hydrogens is 394 g/mol. The van der Waals surface area contributed by atoms with E-state index in [1.807, 2.05) is 0 Å². The molecule has 1 heterocycles. The van der Waals surface area contributed by atoms with Crippen molar-refractivity contribution in [2.75, 3.05) is 23.2 Å². The van der Waals surface area contributed by atoms with E-state index < -0.39 is 21.8 Å². The Morgan fingerprint density at radius 2 is 1.76 bits per heavy atom. The molecule has 2 aromatic carbocycles. The lowest BCUT2D eigenvalue weighted by atomic mass is 10.3. The van der Waals surface area contributed by atoms with E-state index in [9.17, 15) is 18.0 Å². The van der Waals surface area contributed by atoms with Crippen LogP contribution in [0.2, 0.25) is 0 Å². The van der Waals surface area contributed by atoms with Gasteiger partial charge in [0, 0.05) is 12.7 Å². The molecule has 0 atom stereocenters. The normalized spacial score (nSPS) is 10.9. The van der Waals surface area contributed by atoms with E-state index in [-0.39, 0.29) is 17.2 Å². The highest BCUT2D eigenvalue weighted by atomic mass is 32.2. The molecule has 3 aromatic rings. The predicted octanol–water partition coefficient (Wildman–Crippen LogP) is 2.47. The van der Waals surface area contributed by atoms with Crippen LogP contribution in [0.5, 0.6) is 0 Å². The summed E-state index contributed by atoms with van der Waals surface area (Å²) < 4.78 is 31.8. The average Bonchev–Trinajstić information content (AvgIpc) is 3.27. The first-order valence-corrected chi connectivity index (χ1v) is 10.1. The van der Waals surface area contributed by atoms with Gasteiger partial charge in [0.1, 0.15) is 0 Å². The van der Waals surface area contributed by atoms with Crippen LogP contribution < -0.4 is 14.9 Å². The van der Waals surface area contributed by atoms with Crippen LogP contribution in [0.3, 0.4) is 0 Å². The minimum absolute atomic E-state index is 0.0290. The van der Waals surface area contributed by atoms with Gasteiger partial charge in [-0.15, -0.1) is 0 Å². The Kier molecular flexibility index (Phi) is 5.99. The van der Waals surface area contributed by atoms with Crippen molar-refractivity contribution in [2.45, 2.75) is 4.90 Å². The number of hydrogen-bond donors (Lipinski definition) is 2. The highest BCUT2D eigenvalue weighted by Gasteiger charge is 2.21. The van der Waals surface area contributed by atoms with E-state index >= 15 is 0 Å². The third-order valence-electron chi connectivity index (χ3n) is 4.05. The summed E-state index contributed by atoms with van der Waals surface area (Å²) in [6.45, 7) is -0.291. The maximum Gasteiger partial charge on any atom is 0.287 e. The zero-order valence-corrected chi connectivity index (χ0v) is 16.3. The lowest BCUT2D eigenvalue weighted by Gasteiger charge is -2.19. The fraction of sp³-hybridized carbons (Fsp3) is 0.100. The number of nitrogens with one attached hydrogen (secondary N) is 2. The third-order valence-corrected chi connectivity index (χ3v) is 5.83. The molecule has 3 rings (SSSR count). The fourth-order valence-corrected chi connectivity index (χ4v) is 3.77. The number of sulfonamides is 1. The molecule has 0 radical (unpaired) electrons. The summed E-state index contributed by atoms with van der Waals surface area (Å²) in [4.78, 5) is 23.9. The maximum atomic E-state index is 12.9. The number of carbonyl (C=O) groups excluding carboxylic acids is 2. The summed E-state index contributed by atoms with van der Waals surface area (Å²) in [6, 6.07) is 17.6. The van der Waals surface area contributed by atoms with Gasteiger partial charge in [0.05, 0.1) is 23.4 Å². The molecule has 0 fully saturated rings. The second-order valence-electron chi connectivity index (χ2n) is 6.04. The Labute approximate surface area is 168 Å². The maximum absolute atomic E-state index is 12.9. The molecule has 0 aliphatic heterocycles. The first-order valence-electron chi connectivity index (χ1n) is 8.63. The van der Waals surface area contributed by atoms with Crippen molar-refractivity contribution in [3.63, 3.8) is 0 Å². The number of furan rings is 1. The standard InChI is InChI=1S/C20H19N3O5S/c1-23(16-8-3-2-4-9-16)29(26,27)17-10-5-7-15(13-17)22-19(24)14-21-20(25)18-11-6-12-28-18/h2-13H,14H2,1H3,(H,21,25)(H,22,24). The van der Waals surface area contributed by atoms with Gasteiger partial charge in [0.15, 0.2) is 5.76 Å². The van der Waals surface area contributed by atoms with Gasteiger partial charge in [-0.3, -0.25) is 13.9 Å². The summed E-state index contributed by atoms with van der Waals surface area (Å²) in [5.41, 5.74) is 0.812. The number of carbonyl (C=O) groups is 2. The van der Waals surface area contributed by atoms with E-state index in [2.05, 4.69) is 10.6 Å². The minimum Gasteiger partial charge on any atom is -0.459 e. The number of amides is 2. The molecule has 0 saturated heterocycles. The van der Waals surface area contributed by atoms with Crippen LogP contribution >= 0.6 is 0 Å². The average molecular weight is 413 g/mol. The van der Waals surface area contributed by atoms with E-state index in [0.29, 0.717) is 11.4 Å². The van der Waals surface area contributed by atoms with Crippen LogP contribution in [0.1, 0.15) is 10.6 Å². The highest BCUT2D eigenvalue weighted by Crippen LogP contribution is 2.23. The predicted molar refractivity (Wildman–Crippen MR) is 108 cm³/mol. The first-order chi connectivity index (χ1) is 13.9. The Balaban J connectivity index is 1.67. The topological polar surface area (TPSA) is 109 Å². The lowest BCUT2D eigenvalue weighted by Crippen LogP contribution is -2.32. The summed E-state index contributed by atoms with van der Waals surface area (Å²) in [7, 11) is -2.35. The number of hydrogen-bond acceptors (Lipinski definition) is 5. The number of rotatable bonds is 7. The van der Waals surface area contributed by atoms with Crippen LogP contribution in [0.15, 0.2) is 82.3 Å². The molecule has 0 saturated carbocycles. The zero-order valence-electron chi connectivity index (χ0n) is 15.5. The second-order valence-corrected chi connectivity index (χ2v) is 8.01. The second kappa shape index (κ2) is 8.61. The monoisotopic (exact) mass is 413 g/mol. The molecule has 150 valence electrons. The van der Waals surface area contributed by atoms with E-state index in [4.69, 9.17) is 4.42 Å². The van der Waals surface area contributed by atoms with Crippen LogP contribution in [-0.4, -0.2) is 33.8 Å². The highest BCUT2D eigenvalue weighted by molar-refractivity contribution is 7.92. The van der Waals surface area contributed by atoms with Crippen LogP contribution in [-0.2, 0) is 14.8 Å². The van der Waals surface area contributed by atoms with Crippen molar-refractivity contribution < 1.29 is 22.4 Å². The number of para-hydroxylation sites is 1. The van der Waals surface area contributed by atoms with Gasteiger partial charge < -0.3 is 15.1 Å². The largest absolute Gasteiger partial charge is 0.459 e. The molecule has 9 heteroatoms. The SMILES string of the molecule is CN(c1ccccc1)S(=O)(=O)c1cccc(NC(=O)CNC(=O)c2ccco2)c1. The van der Waals surface area contributed by atoms with Gasteiger partial charge >= 0.3 is 0 Å².